The van der Waals surface area contributed by atoms with Gasteiger partial charge in [0.25, 0.3) is 5.91 Å². The van der Waals surface area contributed by atoms with Crippen LogP contribution in [0.15, 0.2) is 42.5 Å². The number of nitrogens with zero attached hydrogens (tertiary/aromatic N) is 1. The van der Waals surface area contributed by atoms with Crippen LogP contribution in [0.2, 0.25) is 0 Å². The number of para-hydroxylation sites is 1. The number of hydrogen-bond acceptors (Lipinski definition) is 6. The monoisotopic (exact) mass is 362 g/mol. The first kappa shape index (κ1) is 18.8. The molecule has 0 aromatic heterocycles. The second kappa shape index (κ2) is 8.06. The number of nitro benzene ring substituents is 1. The Balaban J connectivity index is 2.07. The first-order chi connectivity index (χ1) is 12.3. The summed E-state index contributed by atoms with van der Waals surface area (Å²) >= 11 is 0. The zero-order chi connectivity index (χ0) is 19.3. The molecule has 136 valence electrons. The van der Waals surface area contributed by atoms with Gasteiger partial charge >= 0.3 is 11.7 Å². The van der Waals surface area contributed by atoms with E-state index in [1.54, 1.807) is 18.2 Å². The standard InChI is InChI=1S/C17H15FN2O6/c1-10(26-17(22)12-5-3-4-6-15(12)25-2)16(21)19-11-7-8-13(18)14(9-11)20(23)24/h3-10H,1-2H3,(H,19,21)/t10-/m0/s1. The largest absolute Gasteiger partial charge is 0.496 e. The van der Waals surface area contributed by atoms with Gasteiger partial charge in [-0.05, 0) is 31.2 Å². The summed E-state index contributed by atoms with van der Waals surface area (Å²) in [4.78, 5) is 34.1. The molecule has 2 rings (SSSR count). The number of hydrogen-bond donors (Lipinski definition) is 1. The summed E-state index contributed by atoms with van der Waals surface area (Å²) in [5.74, 6) is -2.23. The maximum absolute atomic E-state index is 13.3. The van der Waals surface area contributed by atoms with Gasteiger partial charge in [-0.1, -0.05) is 12.1 Å². The molecule has 0 saturated carbocycles. The summed E-state index contributed by atoms with van der Waals surface area (Å²) in [6.07, 6.45) is -1.20. The normalized spacial score (nSPS) is 11.3. The van der Waals surface area contributed by atoms with Gasteiger partial charge in [-0.3, -0.25) is 14.9 Å². The van der Waals surface area contributed by atoms with Crippen LogP contribution >= 0.6 is 0 Å². The number of methoxy groups -OCH3 is 1. The van der Waals surface area contributed by atoms with E-state index in [9.17, 15) is 24.1 Å². The van der Waals surface area contributed by atoms with Gasteiger partial charge in [-0.15, -0.1) is 0 Å². The molecular weight excluding hydrogens is 347 g/mol. The van der Waals surface area contributed by atoms with Crippen molar-refractivity contribution in [2.24, 2.45) is 0 Å². The summed E-state index contributed by atoms with van der Waals surface area (Å²) in [7, 11) is 1.39. The number of halogens is 1. The molecule has 0 heterocycles. The number of anilines is 1. The summed E-state index contributed by atoms with van der Waals surface area (Å²) < 4.78 is 23.4. The van der Waals surface area contributed by atoms with E-state index in [0.717, 1.165) is 18.2 Å². The Kier molecular flexibility index (Phi) is 5.84. The van der Waals surface area contributed by atoms with Crippen LogP contribution in [-0.4, -0.2) is 30.0 Å². The number of carbonyl (C=O) groups excluding carboxylic acids is 2. The van der Waals surface area contributed by atoms with Crippen molar-refractivity contribution in [2.45, 2.75) is 13.0 Å². The average molecular weight is 362 g/mol. The molecule has 2 aromatic rings. The third-order valence-corrected chi connectivity index (χ3v) is 3.39. The lowest BCUT2D eigenvalue weighted by molar-refractivity contribution is -0.387. The molecule has 0 spiro atoms. The fourth-order valence-corrected chi connectivity index (χ4v) is 2.07. The first-order valence-electron chi connectivity index (χ1n) is 7.42. The van der Waals surface area contributed by atoms with Gasteiger partial charge in [0.1, 0.15) is 11.3 Å². The number of nitrogens with one attached hydrogen (secondary N) is 1. The molecule has 0 radical (unpaired) electrons. The number of amides is 1. The molecule has 0 fully saturated rings. The molecule has 2 aromatic carbocycles. The van der Waals surface area contributed by atoms with Gasteiger partial charge in [-0.25, -0.2) is 4.79 Å². The zero-order valence-corrected chi connectivity index (χ0v) is 13.9. The molecule has 0 unspecified atom stereocenters. The molecule has 0 aliphatic carbocycles. The van der Waals surface area contributed by atoms with Crippen LogP contribution < -0.4 is 10.1 Å². The van der Waals surface area contributed by atoms with Crippen molar-refractivity contribution in [3.05, 3.63) is 64.0 Å². The van der Waals surface area contributed by atoms with Gasteiger partial charge in [0.15, 0.2) is 6.10 Å². The summed E-state index contributed by atoms with van der Waals surface area (Å²) in [6.45, 7) is 1.33. The lowest BCUT2D eigenvalue weighted by atomic mass is 10.2. The highest BCUT2D eigenvalue weighted by Gasteiger charge is 2.22. The Morgan fingerprint density at radius 2 is 1.92 bits per heavy atom. The number of rotatable bonds is 6. The van der Waals surface area contributed by atoms with Gasteiger partial charge in [-0.2, -0.15) is 4.39 Å². The summed E-state index contributed by atoms with van der Waals surface area (Å²) in [5, 5.41) is 13.1. The third kappa shape index (κ3) is 4.32. The average Bonchev–Trinajstić information content (AvgIpc) is 2.62. The molecule has 8 nitrogen and oxygen atoms in total. The number of carbonyl (C=O) groups is 2. The van der Waals surface area contributed by atoms with Crippen LogP contribution in [0.3, 0.4) is 0 Å². The summed E-state index contributed by atoms with van der Waals surface area (Å²) in [5.41, 5.74) is -0.628. The van der Waals surface area contributed by atoms with Crippen LogP contribution in [0, 0.1) is 15.9 Å². The van der Waals surface area contributed by atoms with Gasteiger partial charge in [0.2, 0.25) is 5.82 Å². The maximum Gasteiger partial charge on any atom is 0.342 e. The van der Waals surface area contributed by atoms with Crippen molar-refractivity contribution in [1.29, 1.82) is 0 Å². The first-order valence-corrected chi connectivity index (χ1v) is 7.42. The molecular formula is C17H15FN2O6. The van der Waals surface area contributed by atoms with E-state index in [2.05, 4.69) is 5.32 Å². The quantitative estimate of drug-likeness (QED) is 0.481. The van der Waals surface area contributed by atoms with E-state index in [0.29, 0.717) is 5.75 Å². The lowest BCUT2D eigenvalue weighted by Crippen LogP contribution is -2.30. The highest BCUT2D eigenvalue weighted by molar-refractivity contribution is 5.98. The number of nitro groups is 1. The molecule has 1 amide bonds. The highest BCUT2D eigenvalue weighted by atomic mass is 19.1. The smallest absolute Gasteiger partial charge is 0.342 e. The van der Waals surface area contributed by atoms with E-state index in [1.165, 1.54) is 20.1 Å². The predicted molar refractivity (Wildman–Crippen MR) is 89.6 cm³/mol. The summed E-state index contributed by atoms with van der Waals surface area (Å²) in [6, 6.07) is 9.24. The second-order valence-corrected chi connectivity index (χ2v) is 5.16. The van der Waals surface area contributed by atoms with Crippen molar-refractivity contribution in [1.82, 2.24) is 0 Å². The molecule has 1 atom stereocenters. The van der Waals surface area contributed by atoms with Crippen LogP contribution in [-0.2, 0) is 9.53 Å². The minimum Gasteiger partial charge on any atom is -0.496 e. The van der Waals surface area contributed by atoms with Crippen LogP contribution in [0.1, 0.15) is 17.3 Å². The maximum atomic E-state index is 13.3. The van der Waals surface area contributed by atoms with E-state index < -0.39 is 34.4 Å². The minimum atomic E-state index is -1.20. The minimum absolute atomic E-state index is 0.00305. The van der Waals surface area contributed by atoms with Gasteiger partial charge in [0.05, 0.1) is 12.0 Å². The second-order valence-electron chi connectivity index (χ2n) is 5.16. The Hall–Kier alpha value is -3.49. The van der Waals surface area contributed by atoms with Crippen molar-refractivity contribution in [2.75, 3.05) is 12.4 Å². The van der Waals surface area contributed by atoms with Crippen molar-refractivity contribution in [3.8, 4) is 5.75 Å². The van der Waals surface area contributed by atoms with E-state index in [1.807, 2.05) is 0 Å². The topological polar surface area (TPSA) is 108 Å². The van der Waals surface area contributed by atoms with Crippen molar-refractivity contribution >= 4 is 23.3 Å². The van der Waals surface area contributed by atoms with E-state index >= 15 is 0 Å². The van der Waals surface area contributed by atoms with Gasteiger partial charge < -0.3 is 14.8 Å². The fraction of sp³-hybridized carbons (Fsp3) is 0.176. The molecule has 26 heavy (non-hydrogen) atoms. The third-order valence-electron chi connectivity index (χ3n) is 3.39. The zero-order valence-electron chi connectivity index (χ0n) is 13.9. The Labute approximate surface area is 147 Å². The highest BCUT2D eigenvalue weighted by Crippen LogP contribution is 2.22. The molecule has 0 bridgehead atoms. The molecule has 0 saturated heterocycles. The van der Waals surface area contributed by atoms with E-state index in [4.69, 9.17) is 9.47 Å². The number of benzene rings is 2. The Bertz CT molecular complexity index is 855. The van der Waals surface area contributed by atoms with Crippen molar-refractivity contribution in [3.63, 3.8) is 0 Å². The SMILES string of the molecule is COc1ccccc1C(=O)O[C@@H](C)C(=O)Nc1ccc(F)c([N+](=O)[O-])c1. The molecule has 0 aliphatic rings. The predicted octanol–water partition coefficient (Wildman–Crippen LogP) is 2.93. The van der Waals surface area contributed by atoms with E-state index in [-0.39, 0.29) is 11.3 Å². The van der Waals surface area contributed by atoms with Crippen molar-refractivity contribution < 1.29 is 28.4 Å². The lowest BCUT2D eigenvalue weighted by Gasteiger charge is -2.14. The molecule has 1 N–H and O–H groups in total. The van der Waals surface area contributed by atoms with Crippen LogP contribution in [0.5, 0.6) is 5.75 Å². The Morgan fingerprint density at radius 1 is 1.23 bits per heavy atom. The Morgan fingerprint density at radius 3 is 2.58 bits per heavy atom. The van der Waals surface area contributed by atoms with Gasteiger partial charge in [0, 0.05) is 11.8 Å². The molecule has 9 heteroatoms. The number of esters is 1. The van der Waals surface area contributed by atoms with Crippen LogP contribution in [0.25, 0.3) is 0 Å². The fourth-order valence-electron chi connectivity index (χ4n) is 2.07. The molecule has 0 aliphatic heterocycles. The van der Waals surface area contributed by atoms with Crippen LogP contribution in [0.4, 0.5) is 15.8 Å². The number of ether oxygens (including phenoxy) is 2.